The molecule has 9 heteroatoms. The zero-order valence-corrected chi connectivity index (χ0v) is 12.7. The van der Waals surface area contributed by atoms with Crippen molar-refractivity contribution in [1.29, 1.82) is 0 Å². The van der Waals surface area contributed by atoms with Gasteiger partial charge in [-0.3, -0.25) is 29.7 Å². The second-order valence-electron chi connectivity index (χ2n) is 4.60. The number of hydrogen-bond donors (Lipinski definition) is 2. The van der Waals surface area contributed by atoms with Gasteiger partial charge in [0.1, 0.15) is 6.04 Å². The molecule has 8 nitrogen and oxygen atoms in total. The highest BCUT2D eigenvalue weighted by molar-refractivity contribution is 7.80. The normalized spacial score (nSPS) is 17.8. The smallest absolute Gasteiger partial charge is 0.271 e. The summed E-state index contributed by atoms with van der Waals surface area (Å²) in [4.78, 5) is 40.7. The maximum absolute atomic E-state index is 12.2. The van der Waals surface area contributed by atoms with Gasteiger partial charge in [0.25, 0.3) is 11.8 Å². The van der Waals surface area contributed by atoms with E-state index in [1.165, 1.54) is 22.3 Å². The molecule has 0 spiro atoms. The van der Waals surface area contributed by atoms with Crippen LogP contribution in [0.2, 0.25) is 0 Å². The van der Waals surface area contributed by atoms with Crippen LogP contribution in [-0.2, 0) is 9.59 Å². The SMILES string of the molecule is CCN1C(=O)C(CC(N)=O)N(NC(=O)c2cccnc2)C1=S. The Morgan fingerprint density at radius 2 is 2.23 bits per heavy atom. The number of nitrogens with one attached hydrogen (secondary N) is 1. The summed E-state index contributed by atoms with van der Waals surface area (Å²) in [7, 11) is 0. The van der Waals surface area contributed by atoms with E-state index >= 15 is 0 Å². The van der Waals surface area contributed by atoms with Gasteiger partial charge in [-0.05, 0) is 31.3 Å². The number of rotatable bonds is 5. The molecule has 2 heterocycles. The number of carbonyl (C=O) groups is 3. The van der Waals surface area contributed by atoms with Crippen molar-refractivity contribution in [2.24, 2.45) is 5.73 Å². The quantitative estimate of drug-likeness (QED) is 0.702. The highest BCUT2D eigenvalue weighted by Crippen LogP contribution is 2.18. The Hall–Kier alpha value is -2.55. The Labute approximate surface area is 132 Å². The average Bonchev–Trinajstić information content (AvgIpc) is 2.71. The largest absolute Gasteiger partial charge is 0.370 e. The lowest BCUT2D eigenvalue weighted by atomic mass is 10.2. The van der Waals surface area contributed by atoms with Crippen molar-refractivity contribution in [3.63, 3.8) is 0 Å². The molecule has 1 fully saturated rings. The first-order valence-electron chi connectivity index (χ1n) is 6.59. The summed E-state index contributed by atoms with van der Waals surface area (Å²) in [5.74, 6) is -1.49. The van der Waals surface area contributed by atoms with Crippen LogP contribution in [0.15, 0.2) is 24.5 Å². The molecule has 3 amide bonds. The van der Waals surface area contributed by atoms with Crippen molar-refractivity contribution in [2.75, 3.05) is 6.54 Å². The van der Waals surface area contributed by atoms with Crippen LogP contribution in [0.25, 0.3) is 0 Å². The van der Waals surface area contributed by atoms with Gasteiger partial charge >= 0.3 is 0 Å². The maximum atomic E-state index is 12.2. The first kappa shape index (κ1) is 15.8. The van der Waals surface area contributed by atoms with Crippen molar-refractivity contribution in [1.82, 2.24) is 20.3 Å². The van der Waals surface area contributed by atoms with Crippen LogP contribution >= 0.6 is 12.2 Å². The fraction of sp³-hybridized carbons (Fsp3) is 0.308. The van der Waals surface area contributed by atoms with E-state index in [9.17, 15) is 14.4 Å². The van der Waals surface area contributed by atoms with Crippen LogP contribution in [-0.4, -0.2) is 50.3 Å². The van der Waals surface area contributed by atoms with E-state index in [0.717, 1.165) is 0 Å². The number of pyridine rings is 1. The average molecular weight is 321 g/mol. The molecule has 1 aliphatic heterocycles. The number of amides is 3. The summed E-state index contributed by atoms with van der Waals surface area (Å²) in [5.41, 5.74) is 8.02. The van der Waals surface area contributed by atoms with Gasteiger partial charge in [0, 0.05) is 18.9 Å². The summed E-state index contributed by atoms with van der Waals surface area (Å²) < 4.78 is 0. The maximum Gasteiger partial charge on any atom is 0.271 e. The minimum Gasteiger partial charge on any atom is -0.370 e. The van der Waals surface area contributed by atoms with E-state index in [2.05, 4.69) is 10.4 Å². The number of hydrogen-bond acceptors (Lipinski definition) is 5. The van der Waals surface area contributed by atoms with Gasteiger partial charge in [0.2, 0.25) is 5.91 Å². The molecule has 0 aromatic carbocycles. The molecule has 1 aromatic rings. The minimum atomic E-state index is -0.925. The Balaban J connectivity index is 2.22. The van der Waals surface area contributed by atoms with Crippen molar-refractivity contribution in [3.05, 3.63) is 30.1 Å². The van der Waals surface area contributed by atoms with Gasteiger partial charge in [-0.2, -0.15) is 0 Å². The number of hydrazine groups is 1. The Bertz CT molecular complexity index is 621. The predicted molar refractivity (Wildman–Crippen MR) is 81.1 cm³/mol. The molecule has 1 unspecified atom stereocenters. The lowest BCUT2D eigenvalue weighted by molar-refractivity contribution is -0.131. The van der Waals surface area contributed by atoms with Gasteiger partial charge in [-0.25, -0.2) is 5.01 Å². The molecule has 2 rings (SSSR count). The highest BCUT2D eigenvalue weighted by atomic mass is 32.1. The van der Waals surface area contributed by atoms with Crippen molar-refractivity contribution in [3.8, 4) is 0 Å². The van der Waals surface area contributed by atoms with Crippen LogP contribution in [0, 0.1) is 0 Å². The van der Waals surface area contributed by atoms with Crippen molar-refractivity contribution in [2.45, 2.75) is 19.4 Å². The topological polar surface area (TPSA) is 109 Å². The Morgan fingerprint density at radius 3 is 2.77 bits per heavy atom. The number of primary amides is 1. The molecular formula is C13H15N5O3S. The fourth-order valence-corrected chi connectivity index (χ4v) is 2.50. The number of nitrogens with two attached hydrogens (primary N) is 1. The zero-order chi connectivity index (χ0) is 16.3. The number of carbonyl (C=O) groups excluding carboxylic acids is 3. The van der Waals surface area contributed by atoms with Crippen molar-refractivity contribution < 1.29 is 14.4 Å². The summed E-state index contributed by atoms with van der Waals surface area (Å²) in [6.07, 6.45) is 2.69. The summed E-state index contributed by atoms with van der Waals surface area (Å²) in [6.45, 7) is 2.09. The highest BCUT2D eigenvalue weighted by Gasteiger charge is 2.43. The summed E-state index contributed by atoms with van der Waals surface area (Å²) in [6, 6.07) is 2.26. The minimum absolute atomic E-state index is 0.135. The van der Waals surface area contributed by atoms with Crippen LogP contribution in [0.5, 0.6) is 0 Å². The lowest BCUT2D eigenvalue weighted by Crippen LogP contribution is -2.49. The van der Waals surface area contributed by atoms with Gasteiger partial charge in [0.05, 0.1) is 12.0 Å². The molecule has 3 N–H and O–H groups in total. The van der Waals surface area contributed by atoms with Crippen LogP contribution < -0.4 is 11.2 Å². The molecule has 0 saturated carbocycles. The van der Waals surface area contributed by atoms with E-state index in [0.29, 0.717) is 12.1 Å². The number of thiocarbonyl (C=S) groups is 1. The molecule has 1 atom stereocenters. The standard InChI is InChI=1S/C13H15N5O3S/c1-2-17-12(21)9(6-10(14)19)18(13(17)22)16-11(20)8-4-3-5-15-7-8/h3-5,7,9H,2,6H2,1H3,(H2,14,19)(H,16,20). The molecule has 116 valence electrons. The van der Waals surface area contributed by atoms with Gasteiger partial charge in [0.15, 0.2) is 5.11 Å². The zero-order valence-electron chi connectivity index (χ0n) is 11.9. The van der Waals surface area contributed by atoms with E-state index in [1.807, 2.05) is 0 Å². The lowest BCUT2D eigenvalue weighted by Gasteiger charge is -2.23. The van der Waals surface area contributed by atoms with Gasteiger partial charge < -0.3 is 5.73 Å². The van der Waals surface area contributed by atoms with E-state index in [1.54, 1.807) is 19.1 Å². The van der Waals surface area contributed by atoms with Crippen molar-refractivity contribution >= 4 is 35.1 Å². The monoisotopic (exact) mass is 321 g/mol. The molecule has 0 radical (unpaired) electrons. The molecule has 1 aromatic heterocycles. The first-order chi connectivity index (χ1) is 10.5. The number of aromatic nitrogens is 1. The van der Waals surface area contributed by atoms with Crippen LogP contribution in [0.3, 0.4) is 0 Å². The third-order valence-corrected chi connectivity index (χ3v) is 3.57. The molecule has 0 bridgehead atoms. The molecule has 0 aliphatic carbocycles. The number of nitrogens with zero attached hydrogens (tertiary/aromatic N) is 3. The van der Waals surface area contributed by atoms with Crippen LogP contribution in [0.1, 0.15) is 23.7 Å². The fourth-order valence-electron chi connectivity index (χ4n) is 2.10. The van der Waals surface area contributed by atoms with E-state index in [-0.39, 0.29) is 17.4 Å². The molecule has 22 heavy (non-hydrogen) atoms. The number of likely N-dealkylation sites (N-methyl/N-ethyl adjacent to an activating group) is 1. The molecule has 1 aliphatic rings. The second kappa shape index (κ2) is 6.48. The molecular weight excluding hydrogens is 306 g/mol. The summed E-state index contributed by atoms with van der Waals surface area (Å²) >= 11 is 5.18. The van der Waals surface area contributed by atoms with Crippen LogP contribution in [0.4, 0.5) is 0 Å². The Morgan fingerprint density at radius 1 is 1.50 bits per heavy atom. The van der Waals surface area contributed by atoms with Gasteiger partial charge in [-0.15, -0.1) is 0 Å². The first-order valence-corrected chi connectivity index (χ1v) is 7.00. The third kappa shape index (κ3) is 3.03. The second-order valence-corrected chi connectivity index (χ2v) is 4.97. The van der Waals surface area contributed by atoms with Gasteiger partial charge in [-0.1, -0.05) is 0 Å². The van der Waals surface area contributed by atoms with E-state index in [4.69, 9.17) is 18.0 Å². The summed E-state index contributed by atoms with van der Waals surface area (Å²) in [5, 5.41) is 1.34. The van der Waals surface area contributed by atoms with E-state index < -0.39 is 17.9 Å². The third-order valence-electron chi connectivity index (χ3n) is 3.16. The molecule has 1 saturated heterocycles. The Kier molecular flexibility index (Phi) is 4.66. The predicted octanol–water partition coefficient (Wildman–Crippen LogP) is -0.581.